The van der Waals surface area contributed by atoms with Crippen LogP contribution in [0, 0.1) is 0 Å². The van der Waals surface area contributed by atoms with Gasteiger partial charge in [-0.1, -0.05) is 262 Å². The highest BCUT2D eigenvalue weighted by Crippen LogP contribution is 2.30. The monoisotopic (exact) mass is 1260 g/mol. The predicted octanol–water partition coefficient (Wildman–Crippen LogP) is 14.2. The largest absolute Gasteiger partial charge is 0.394 e. The first-order chi connectivity index (χ1) is 44.1. The van der Waals surface area contributed by atoms with Gasteiger partial charge in [0, 0.05) is 6.42 Å². The quantitative estimate of drug-likeness (QED) is 0.0204. The molecule has 2 heterocycles. The Labute approximate surface area is 544 Å². The summed E-state index contributed by atoms with van der Waals surface area (Å²) in [6.07, 6.45) is 72.9. The molecule has 2 aliphatic heterocycles. The van der Waals surface area contributed by atoms with Crippen LogP contribution in [0.25, 0.3) is 0 Å². The molecule has 12 atom stereocenters. The Hall–Kier alpha value is -4.39. The summed E-state index contributed by atoms with van der Waals surface area (Å²) in [4.78, 5) is 13.3. The Morgan fingerprint density at radius 2 is 0.767 bits per heavy atom. The van der Waals surface area contributed by atoms with Crippen molar-refractivity contribution in [1.82, 2.24) is 5.32 Å². The second-order valence-electron chi connectivity index (χ2n) is 23.6. The molecular formula is C76H123NO13. The number of rotatable bonds is 54. The molecule has 1 amide bonds. The van der Waals surface area contributed by atoms with E-state index in [-0.39, 0.29) is 18.9 Å². The maximum Gasteiger partial charge on any atom is 0.220 e. The molecule has 14 heteroatoms. The van der Waals surface area contributed by atoms with Crippen LogP contribution in [0.1, 0.15) is 219 Å². The molecule has 0 radical (unpaired) electrons. The molecule has 0 aromatic heterocycles. The number of aliphatic hydroxyl groups excluding tert-OH is 8. The number of carbonyl (C=O) groups excluding carboxylic acids is 1. The highest BCUT2D eigenvalue weighted by atomic mass is 16.7. The molecule has 14 nitrogen and oxygen atoms in total. The molecule has 0 spiro atoms. The third-order valence-corrected chi connectivity index (χ3v) is 15.7. The van der Waals surface area contributed by atoms with Gasteiger partial charge < -0.3 is 65.1 Å². The summed E-state index contributed by atoms with van der Waals surface area (Å²) < 4.78 is 22.8. The lowest BCUT2D eigenvalue weighted by molar-refractivity contribution is -0.359. The molecule has 90 heavy (non-hydrogen) atoms. The van der Waals surface area contributed by atoms with Crippen molar-refractivity contribution in [3.8, 4) is 0 Å². The van der Waals surface area contributed by atoms with Crippen LogP contribution < -0.4 is 5.32 Å². The van der Waals surface area contributed by atoms with Crippen molar-refractivity contribution in [3.63, 3.8) is 0 Å². The molecule has 510 valence electrons. The SMILES string of the molecule is CC/C=C\C/C=C\C/C=C\C/C=C\C/C=C\C/C=C\C/C=C\C/C=C\C/C=C\C/C=C\C/C=C\C/C=C\CCCCC(=O)NC(COC1OC(CO)C(OC2OC(CO)C(O)C(O)C2O)C(O)C1O)C(O)/C=C/CCCCCCCCCCCCCCCCC. The fourth-order valence-electron chi connectivity index (χ4n) is 10.2. The van der Waals surface area contributed by atoms with Gasteiger partial charge >= 0.3 is 0 Å². The van der Waals surface area contributed by atoms with E-state index in [1.807, 2.05) is 6.08 Å². The molecule has 2 aliphatic rings. The summed E-state index contributed by atoms with van der Waals surface area (Å²) in [7, 11) is 0. The van der Waals surface area contributed by atoms with Crippen LogP contribution in [0.15, 0.2) is 158 Å². The predicted molar refractivity (Wildman–Crippen MR) is 368 cm³/mol. The fraction of sp³-hybridized carbons (Fsp3) is 0.645. The number of allylic oxidation sites excluding steroid dienone is 25. The lowest BCUT2D eigenvalue weighted by atomic mass is 9.97. The van der Waals surface area contributed by atoms with Gasteiger partial charge in [-0.25, -0.2) is 0 Å². The summed E-state index contributed by atoms with van der Waals surface area (Å²) in [5, 5.41) is 87.3. The Morgan fingerprint density at radius 3 is 1.18 bits per heavy atom. The minimum Gasteiger partial charge on any atom is -0.394 e. The molecular weight excluding hydrogens is 1130 g/mol. The van der Waals surface area contributed by atoms with Crippen molar-refractivity contribution in [2.45, 2.75) is 293 Å². The van der Waals surface area contributed by atoms with Crippen LogP contribution in [0.3, 0.4) is 0 Å². The van der Waals surface area contributed by atoms with Gasteiger partial charge in [-0.05, 0) is 109 Å². The number of hydrogen-bond donors (Lipinski definition) is 9. The summed E-state index contributed by atoms with van der Waals surface area (Å²) >= 11 is 0. The third kappa shape index (κ3) is 42.0. The molecule has 9 N–H and O–H groups in total. The lowest BCUT2D eigenvalue weighted by Crippen LogP contribution is -2.65. The van der Waals surface area contributed by atoms with Crippen molar-refractivity contribution in [2.75, 3.05) is 19.8 Å². The molecule has 0 aliphatic carbocycles. The number of unbranched alkanes of at least 4 members (excludes halogenated alkanes) is 17. The summed E-state index contributed by atoms with van der Waals surface area (Å²) in [5.74, 6) is -0.288. The summed E-state index contributed by atoms with van der Waals surface area (Å²) in [6.45, 7) is 2.64. The van der Waals surface area contributed by atoms with Crippen molar-refractivity contribution in [1.29, 1.82) is 0 Å². The molecule has 2 saturated heterocycles. The first-order valence-electron chi connectivity index (χ1n) is 34.7. The van der Waals surface area contributed by atoms with Crippen LogP contribution >= 0.6 is 0 Å². The second kappa shape index (κ2) is 58.4. The average Bonchev–Trinajstić information content (AvgIpc) is 1.04. The molecule has 0 bridgehead atoms. The standard InChI is InChI=1S/C76H123NO13/c1-3-5-7-9-11-13-15-17-19-21-22-23-24-25-26-27-28-29-30-31-32-33-34-35-36-37-38-39-40-41-42-44-46-48-50-52-54-56-58-60-68(81)77-64(65(80)59-57-55-53-51-49-47-45-43-20-18-16-14-12-10-8-6-4-2)63-87-75-73(86)71(84)74(67(62-79)89-75)90-76-72(85)70(83)69(82)66(61-78)88-76/h5,7,11,13,17,19,22-23,25-26,28-29,31-32,34-35,37-38,40-41,44,46,50,52,57,59,64-67,69-76,78-80,82-86H,3-4,6,8-10,12,14-16,18,20-21,24,27,30,33,36,39,42-43,45,47-49,51,53-56,58,60-63H2,1-2H3,(H,77,81)/b7-5-,13-11-,19-17-,23-22-,26-25-,29-28-,32-31-,35-34-,38-37-,41-40-,46-44-,52-50-,59-57+. The number of nitrogens with one attached hydrogen (secondary N) is 1. The summed E-state index contributed by atoms with van der Waals surface area (Å²) in [5.41, 5.74) is 0. The molecule has 0 aromatic carbocycles. The van der Waals surface area contributed by atoms with Crippen LogP contribution in [0.4, 0.5) is 0 Å². The molecule has 0 saturated carbocycles. The van der Waals surface area contributed by atoms with E-state index in [4.69, 9.17) is 18.9 Å². The maximum absolute atomic E-state index is 13.3. The van der Waals surface area contributed by atoms with Gasteiger partial charge in [-0.15, -0.1) is 0 Å². The lowest BCUT2D eigenvalue weighted by Gasteiger charge is -2.46. The smallest absolute Gasteiger partial charge is 0.220 e. The Balaban J connectivity index is 1.69. The first kappa shape index (κ1) is 81.7. The fourth-order valence-corrected chi connectivity index (χ4v) is 10.2. The van der Waals surface area contributed by atoms with Crippen LogP contribution in [-0.2, 0) is 23.7 Å². The first-order valence-corrected chi connectivity index (χ1v) is 34.7. The Morgan fingerprint density at radius 1 is 0.411 bits per heavy atom. The van der Waals surface area contributed by atoms with Gasteiger partial charge in [-0.3, -0.25) is 4.79 Å². The van der Waals surface area contributed by atoms with E-state index in [1.54, 1.807) is 6.08 Å². The van der Waals surface area contributed by atoms with Crippen molar-refractivity contribution >= 4 is 5.91 Å². The highest BCUT2D eigenvalue weighted by Gasteiger charge is 2.51. The second-order valence-corrected chi connectivity index (χ2v) is 23.6. The molecule has 2 rings (SSSR count). The number of amides is 1. The van der Waals surface area contributed by atoms with E-state index in [0.717, 1.165) is 116 Å². The van der Waals surface area contributed by atoms with Crippen LogP contribution in [0.2, 0.25) is 0 Å². The number of carbonyl (C=O) groups is 1. The van der Waals surface area contributed by atoms with E-state index >= 15 is 0 Å². The zero-order valence-electron chi connectivity index (χ0n) is 55.3. The van der Waals surface area contributed by atoms with E-state index < -0.39 is 86.8 Å². The number of aliphatic hydroxyl groups is 8. The van der Waals surface area contributed by atoms with Gasteiger partial charge in [-0.2, -0.15) is 0 Å². The topological polar surface area (TPSA) is 228 Å². The van der Waals surface area contributed by atoms with Crippen molar-refractivity contribution in [2.24, 2.45) is 0 Å². The Kier molecular flexibility index (Phi) is 53.0. The van der Waals surface area contributed by atoms with Crippen LogP contribution in [0.5, 0.6) is 0 Å². The van der Waals surface area contributed by atoms with E-state index in [1.165, 1.54) is 77.0 Å². The van der Waals surface area contributed by atoms with Gasteiger partial charge in [0.05, 0.1) is 32.0 Å². The normalized spacial score (nSPS) is 23.9. The number of ether oxygens (including phenoxy) is 4. The summed E-state index contributed by atoms with van der Waals surface area (Å²) in [6, 6.07) is -0.950. The molecule has 2 fully saturated rings. The number of hydrogen-bond acceptors (Lipinski definition) is 13. The van der Waals surface area contributed by atoms with E-state index in [9.17, 15) is 45.6 Å². The van der Waals surface area contributed by atoms with Gasteiger partial charge in [0.15, 0.2) is 12.6 Å². The highest BCUT2D eigenvalue weighted by molar-refractivity contribution is 5.76. The minimum atomic E-state index is -1.80. The zero-order valence-corrected chi connectivity index (χ0v) is 55.3. The van der Waals surface area contributed by atoms with Gasteiger partial charge in [0.2, 0.25) is 5.91 Å². The van der Waals surface area contributed by atoms with E-state index in [0.29, 0.717) is 6.42 Å². The third-order valence-electron chi connectivity index (χ3n) is 15.7. The van der Waals surface area contributed by atoms with Crippen molar-refractivity contribution in [3.05, 3.63) is 158 Å². The average molecular weight is 1260 g/mol. The molecule has 0 aromatic rings. The van der Waals surface area contributed by atoms with Gasteiger partial charge in [0.25, 0.3) is 0 Å². The maximum atomic E-state index is 13.3. The minimum absolute atomic E-state index is 0.216. The van der Waals surface area contributed by atoms with Crippen LogP contribution in [-0.4, -0.2) is 140 Å². The zero-order chi connectivity index (χ0) is 65.2. The van der Waals surface area contributed by atoms with Crippen molar-refractivity contribution < 1.29 is 64.6 Å². The van der Waals surface area contributed by atoms with E-state index in [2.05, 4.69) is 165 Å². The Bertz CT molecular complexity index is 2120. The van der Waals surface area contributed by atoms with Gasteiger partial charge in [0.1, 0.15) is 48.8 Å². The molecule has 12 unspecified atom stereocenters.